The number of amides is 3. The van der Waals surface area contributed by atoms with Gasteiger partial charge in [0.05, 0.1) is 24.5 Å². The molecule has 4 rings (SSSR count). The number of nitrogens with zero attached hydrogens (tertiary/aromatic N) is 2. The average Bonchev–Trinajstić information content (AvgIpc) is 3.18. The molecule has 322 valence electrons. The molecule has 2 aromatic carbocycles. The van der Waals surface area contributed by atoms with Gasteiger partial charge in [-0.3, -0.25) is 38.5 Å². The second kappa shape index (κ2) is 23.0. The summed E-state index contributed by atoms with van der Waals surface area (Å²) in [6, 6.07) is 15.6. The molecular weight excluding hydrogens is 757 g/mol. The highest BCUT2D eigenvalue weighted by Gasteiger charge is 2.49. The van der Waals surface area contributed by atoms with Crippen LogP contribution in [0.5, 0.6) is 0 Å². The molecule has 7 unspecified atom stereocenters. The molecule has 0 aromatic heterocycles. The number of nitrogens with two attached hydrogens (primary N) is 2. The van der Waals surface area contributed by atoms with Crippen LogP contribution in [0, 0.1) is 17.8 Å². The van der Waals surface area contributed by atoms with Crippen molar-refractivity contribution >= 4 is 41.2 Å². The van der Waals surface area contributed by atoms with Gasteiger partial charge in [-0.15, -0.1) is 0 Å². The van der Waals surface area contributed by atoms with E-state index < -0.39 is 53.7 Å². The van der Waals surface area contributed by atoms with Gasteiger partial charge in [0, 0.05) is 50.4 Å². The summed E-state index contributed by atoms with van der Waals surface area (Å²) in [5, 5.41) is 24.3. The molecule has 2 aromatic rings. The maximum atomic E-state index is 14.2. The zero-order valence-corrected chi connectivity index (χ0v) is 34.3. The van der Waals surface area contributed by atoms with Crippen molar-refractivity contribution in [2.45, 2.75) is 115 Å². The molecule has 15 nitrogen and oxygen atoms in total. The lowest BCUT2D eigenvalue weighted by Crippen LogP contribution is -2.72. The van der Waals surface area contributed by atoms with E-state index in [4.69, 9.17) is 16.6 Å². The van der Waals surface area contributed by atoms with Gasteiger partial charge in [-0.05, 0) is 75.0 Å². The number of Topliss-reactive ketones (excluding diaryl/α,β-unsaturated/α-hetero) is 2. The first-order valence-corrected chi connectivity index (χ1v) is 20.8. The molecule has 0 saturated carbocycles. The fraction of sp³-hybridized carbons (Fsp3) is 0.568. The van der Waals surface area contributed by atoms with Crippen LogP contribution < -0.4 is 22.1 Å². The number of carboxylic acid groups (broad SMARTS) is 2. The molecule has 0 spiro atoms. The number of piperidine rings is 1. The van der Waals surface area contributed by atoms with Crippen LogP contribution >= 0.6 is 0 Å². The molecule has 2 aliphatic heterocycles. The highest BCUT2D eigenvalue weighted by Crippen LogP contribution is 2.34. The number of hydrogen-bond donors (Lipinski definition) is 6. The number of aliphatic carboxylic acids is 2. The standard InChI is InChI=1S/C44H62N6O9/c1-28(2)19-32(23-39(52)38(21-30-13-7-4-8-14-30)48-42(56)36(46)20-29-11-5-3-6-12-29)41(55)47-37(15-9-10-18-45)43(57)50-33-24-34(50)26-49(25-33)27-35(51)22-31(44(58)59)16-17-40(53)54/h3-8,11-14,28,31-34,36-38H,9-10,15-27,45-46H2,1-2H3,(H,47,55)(H,48,56)(H,53,54)(H,58,59). The maximum Gasteiger partial charge on any atom is 0.306 e. The lowest BCUT2D eigenvalue weighted by Gasteiger charge is -2.57. The predicted octanol–water partition coefficient (Wildman–Crippen LogP) is 2.33. The van der Waals surface area contributed by atoms with E-state index in [0.717, 1.165) is 17.5 Å². The zero-order valence-electron chi connectivity index (χ0n) is 34.3. The summed E-state index contributed by atoms with van der Waals surface area (Å²) in [7, 11) is 0. The molecule has 3 amide bonds. The van der Waals surface area contributed by atoms with Gasteiger partial charge in [-0.25, -0.2) is 0 Å². The second-order valence-electron chi connectivity index (χ2n) is 16.6. The molecule has 8 N–H and O–H groups in total. The predicted molar refractivity (Wildman–Crippen MR) is 221 cm³/mol. The highest BCUT2D eigenvalue weighted by atomic mass is 16.4. The average molecular weight is 819 g/mol. The molecular formula is C44H62N6O9. The van der Waals surface area contributed by atoms with Crippen molar-refractivity contribution in [3.63, 3.8) is 0 Å². The summed E-state index contributed by atoms with van der Waals surface area (Å²) in [6.45, 7) is 5.13. The van der Waals surface area contributed by atoms with Crippen molar-refractivity contribution in [1.29, 1.82) is 0 Å². The summed E-state index contributed by atoms with van der Waals surface area (Å²) in [6.07, 6.45) is 2.28. The smallest absolute Gasteiger partial charge is 0.306 e. The van der Waals surface area contributed by atoms with Crippen LogP contribution in [0.3, 0.4) is 0 Å². The zero-order chi connectivity index (χ0) is 43.1. The lowest BCUT2D eigenvalue weighted by molar-refractivity contribution is -0.158. The van der Waals surface area contributed by atoms with Crippen LogP contribution in [0.2, 0.25) is 0 Å². The van der Waals surface area contributed by atoms with Gasteiger partial charge in [0.25, 0.3) is 0 Å². The SMILES string of the molecule is CC(C)CC(CC(=O)C(Cc1ccccc1)NC(=O)C(N)Cc1ccccc1)C(=O)NC(CCCCN)C(=O)N1C2CC1CN(CC(=O)CC(CCC(=O)O)C(=O)O)C2. The number of hydrogen-bond acceptors (Lipinski definition) is 10. The summed E-state index contributed by atoms with van der Waals surface area (Å²) >= 11 is 0. The van der Waals surface area contributed by atoms with Gasteiger partial charge in [-0.1, -0.05) is 74.5 Å². The van der Waals surface area contributed by atoms with Crippen LogP contribution in [0.1, 0.15) is 82.8 Å². The number of carbonyl (C=O) groups is 7. The first-order chi connectivity index (χ1) is 28.1. The van der Waals surface area contributed by atoms with E-state index in [1.165, 1.54) is 0 Å². The Bertz CT molecular complexity index is 1730. The van der Waals surface area contributed by atoms with Gasteiger partial charge < -0.3 is 37.2 Å². The molecule has 0 radical (unpaired) electrons. The van der Waals surface area contributed by atoms with Crippen molar-refractivity contribution < 1.29 is 43.8 Å². The Labute approximate surface area is 346 Å². The molecule has 2 fully saturated rings. The van der Waals surface area contributed by atoms with E-state index in [1.54, 1.807) is 4.90 Å². The third kappa shape index (κ3) is 14.7. The number of unbranched alkanes of at least 4 members (excludes halogenated alkanes) is 1. The summed E-state index contributed by atoms with van der Waals surface area (Å²) in [4.78, 5) is 95.0. The van der Waals surface area contributed by atoms with Gasteiger partial charge in [-0.2, -0.15) is 0 Å². The molecule has 2 heterocycles. The quantitative estimate of drug-likeness (QED) is 0.0750. The molecule has 2 saturated heterocycles. The highest BCUT2D eigenvalue weighted by molar-refractivity contribution is 5.95. The fourth-order valence-electron chi connectivity index (χ4n) is 8.18. The van der Waals surface area contributed by atoms with Crippen molar-refractivity contribution in [2.75, 3.05) is 26.2 Å². The molecule has 7 atom stereocenters. The van der Waals surface area contributed by atoms with Crippen LogP contribution in [0.15, 0.2) is 60.7 Å². The summed E-state index contributed by atoms with van der Waals surface area (Å²) in [5.74, 6) is -5.90. The monoisotopic (exact) mass is 818 g/mol. The number of rotatable bonds is 26. The number of likely N-dealkylation sites (tertiary alicyclic amines) is 2. The molecule has 59 heavy (non-hydrogen) atoms. The third-order valence-electron chi connectivity index (χ3n) is 11.2. The van der Waals surface area contributed by atoms with E-state index >= 15 is 0 Å². The first kappa shape index (κ1) is 46.7. The van der Waals surface area contributed by atoms with Gasteiger partial charge in [0.1, 0.15) is 11.8 Å². The minimum Gasteiger partial charge on any atom is -0.481 e. The molecule has 0 aliphatic carbocycles. The van der Waals surface area contributed by atoms with Gasteiger partial charge in [0.15, 0.2) is 5.78 Å². The van der Waals surface area contributed by atoms with Crippen molar-refractivity contribution in [2.24, 2.45) is 29.2 Å². The number of nitrogens with one attached hydrogen (secondary N) is 2. The Hall–Kier alpha value is -4.99. The number of carboxylic acids is 2. The number of carbonyl (C=O) groups excluding carboxylic acids is 5. The number of ketones is 2. The van der Waals surface area contributed by atoms with E-state index in [0.29, 0.717) is 45.3 Å². The van der Waals surface area contributed by atoms with Crippen LogP contribution in [0.25, 0.3) is 0 Å². The third-order valence-corrected chi connectivity index (χ3v) is 11.2. The van der Waals surface area contributed by atoms with Crippen molar-refractivity contribution in [1.82, 2.24) is 20.4 Å². The van der Waals surface area contributed by atoms with Gasteiger partial charge >= 0.3 is 11.9 Å². The summed E-state index contributed by atoms with van der Waals surface area (Å²) < 4.78 is 0. The van der Waals surface area contributed by atoms with Crippen molar-refractivity contribution in [3.8, 4) is 0 Å². The normalized spacial score (nSPS) is 18.8. The Balaban J connectivity index is 1.43. The molecule has 2 aliphatic rings. The minimum atomic E-state index is -1.21. The Morgan fingerprint density at radius 3 is 1.92 bits per heavy atom. The van der Waals surface area contributed by atoms with E-state index in [-0.39, 0.29) is 80.5 Å². The summed E-state index contributed by atoms with van der Waals surface area (Å²) in [5.41, 5.74) is 13.8. The topological polar surface area (TPSA) is 243 Å². The maximum absolute atomic E-state index is 14.2. The van der Waals surface area contributed by atoms with Gasteiger partial charge in [0.2, 0.25) is 17.7 Å². The van der Waals surface area contributed by atoms with Crippen molar-refractivity contribution in [3.05, 3.63) is 71.8 Å². The Morgan fingerprint density at radius 1 is 0.763 bits per heavy atom. The van der Waals surface area contributed by atoms with Crippen LogP contribution in [-0.2, 0) is 46.4 Å². The van der Waals surface area contributed by atoms with E-state index in [1.807, 2.05) is 79.4 Å². The number of benzene rings is 2. The van der Waals surface area contributed by atoms with E-state index in [9.17, 15) is 38.7 Å². The number of piperazine rings is 1. The fourth-order valence-corrected chi connectivity index (χ4v) is 8.18. The Kier molecular flexibility index (Phi) is 18.2. The van der Waals surface area contributed by atoms with E-state index in [2.05, 4.69) is 10.6 Å². The molecule has 15 heteroatoms. The van der Waals surface area contributed by atoms with Crippen LogP contribution in [0.4, 0.5) is 0 Å². The van der Waals surface area contributed by atoms with Crippen LogP contribution in [-0.4, -0.2) is 118 Å². The second-order valence-corrected chi connectivity index (χ2v) is 16.6. The largest absolute Gasteiger partial charge is 0.481 e. The molecule has 2 bridgehead atoms. The first-order valence-electron chi connectivity index (χ1n) is 20.8. The minimum absolute atomic E-state index is 0.00184. The number of fused-ring (bicyclic) bond motifs is 2. The lowest BCUT2D eigenvalue weighted by atomic mass is 9.85. The Morgan fingerprint density at radius 2 is 1.36 bits per heavy atom.